The van der Waals surface area contributed by atoms with Crippen LogP contribution in [0.15, 0.2) is 24.3 Å². The van der Waals surface area contributed by atoms with E-state index < -0.39 is 0 Å². The van der Waals surface area contributed by atoms with E-state index >= 15 is 0 Å². The molecule has 1 saturated heterocycles. The molecular formula is C17H27ClN2O. The molecule has 4 heteroatoms. The minimum absolute atomic E-state index is 0. The molecule has 1 aromatic carbocycles. The van der Waals surface area contributed by atoms with Gasteiger partial charge in [0.2, 0.25) is 5.91 Å². The number of nitrogens with one attached hydrogen (secondary N) is 1. The van der Waals surface area contributed by atoms with Gasteiger partial charge in [-0.05, 0) is 30.9 Å². The van der Waals surface area contributed by atoms with Crippen molar-refractivity contribution in [2.24, 2.45) is 0 Å². The summed E-state index contributed by atoms with van der Waals surface area (Å²) in [5.74, 6) is 0.250. The second kappa shape index (κ2) is 9.06. The first-order valence-corrected chi connectivity index (χ1v) is 7.78. The summed E-state index contributed by atoms with van der Waals surface area (Å²) in [6.45, 7) is 6.96. The normalized spacial score (nSPS) is 18.2. The quantitative estimate of drug-likeness (QED) is 0.907. The van der Waals surface area contributed by atoms with E-state index in [1.54, 1.807) is 0 Å². The summed E-state index contributed by atoms with van der Waals surface area (Å²) in [4.78, 5) is 14.3. The summed E-state index contributed by atoms with van der Waals surface area (Å²) >= 11 is 0. The molecule has 0 spiro atoms. The Morgan fingerprint density at radius 3 is 2.57 bits per heavy atom. The van der Waals surface area contributed by atoms with Crippen molar-refractivity contribution in [3.63, 3.8) is 0 Å². The second-order valence-electron chi connectivity index (χ2n) is 5.74. The number of rotatable bonds is 5. The van der Waals surface area contributed by atoms with Crippen LogP contribution in [-0.4, -0.2) is 36.5 Å². The zero-order valence-electron chi connectivity index (χ0n) is 13.1. The lowest BCUT2D eigenvalue weighted by molar-refractivity contribution is -0.133. The molecule has 2 rings (SSSR count). The summed E-state index contributed by atoms with van der Waals surface area (Å²) < 4.78 is 0. The molecule has 0 aromatic heterocycles. The van der Waals surface area contributed by atoms with E-state index in [-0.39, 0.29) is 18.3 Å². The smallest absolute Gasteiger partial charge is 0.227 e. The number of halogens is 1. The van der Waals surface area contributed by atoms with E-state index in [2.05, 4.69) is 43.4 Å². The van der Waals surface area contributed by atoms with Crippen molar-refractivity contribution in [2.45, 2.75) is 45.6 Å². The molecule has 1 heterocycles. The largest absolute Gasteiger partial charge is 0.337 e. The van der Waals surface area contributed by atoms with Crippen LogP contribution in [0.25, 0.3) is 0 Å². The van der Waals surface area contributed by atoms with Crippen molar-refractivity contribution in [2.75, 3.05) is 19.6 Å². The fraction of sp³-hybridized carbons (Fsp3) is 0.588. The lowest BCUT2D eigenvalue weighted by atomic mass is 10.0. The number of benzene rings is 1. The number of hydrogen-bond donors (Lipinski definition) is 1. The highest BCUT2D eigenvalue weighted by Gasteiger charge is 2.22. The number of aryl methyl sites for hydroxylation is 1. The third kappa shape index (κ3) is 5.33. The third-order valence-corrected chi connectivity index (χ3v) is 4.02. The van der Waals surface area contributed by atoms with Crippen LogP contribution in [0.3, 0.4) is 0 Å². The minimum Gasteiger partial charge on any atom is -0.337 e. The van der Waals surface area contributed by atoms with Gasteiger partial charge in [0, 0.05) is 25.7 Å². The van der Waals surface area contributed by atoms with Gasteiger partial charge in [0.25, 0.3) is 0 Å². The molecule has 0 aliphatic carbocycles. The molecule has 1 fully saturated rings. The SMILES string of the molecule is CCCCc1ccc(CC(=O)N2CCNCC2C)cc1.Cl. The van der Waals surface area contributed by atoms with Crippen molar-refractivity contribution in [1.82, 2.24) is 10.2 Å². The number of hydrogen-bond acceptors (Lipinski definition) is 2. The molecule has 21 heavy (non-hydrogen) atoms. The van der Waals surface area contributed by atoms with Crippen LogP contribution < -0.4 is 5.32 Å². The highest BCUT2D eigenvalue weighted by atomic mass is 35.5. The van der Waals surface area contributed by atoms with E-state index in [1.807, 2.05) is 4.90 Å². The number of nitrogens with zero attached hydrogens (tertiary/aromatic N) is 1. The van der Waals surface area contributed by atoms with E-state index in [0.717, 1.165) is 31.6 Å². The van der Waals surface area contributed by atoms with E-state index in [9.17, 15) is 4.79 Å². The Kier molecular flexibility index (Phi) is 7.76. The highest BCUT2D eigenvalue weighted by Crippen LogP contribution is 2.11. The van der Waals surface area contributed by atoms with Crippen LogP contribution in [0.2, 0.25) is 0 Å². The van der Waals surface area contributed by atoms with E-state index in [1.165, 1.54) is 18.4 Å². The number of carbonyl (C=O) groups excluding carboxylic acids is 1. The van der Waals surface area contributed by atoms with Gasteiger partial charge in [-0.25, -0.2) is 0 Å². The first kappa shape index (κ1) is 18.0. The first-order valence-electron chi connectivity index (χ1n) is 7.78. The summed E-state index contributed by atoms with van der Waals surface area (Å²) in [5, 5.41) is 3.32. The summed E-state index contributed by atoms with van der Waals surface area (Å²) in [6, 6.07) is 8.85. The van der Waals surface area contributed by atoms with Gasteiger partial charge in [-0.2, -0.15) is 0 Å². The molecule has 1 aliphatic rings. The molecule has 0 bridgehead atoms. The van der Waals surface area contributed by atoms with Crippen molar-refractivity contribution in [3.8, 4) is 0 Å². The van der Waals surface area contributed by atoms with Gasteiger partial charge in [-0.1, -0.05) is 37.6 Å². The number of piperazine rings is 1. The average molecular weight is 311 g/mol. The molecule has 1 aliphatic heterocycles. The Balaban J connectivity index is 0.00000220. The highest BCUT2D eigenvalue weighted by molar-refractivity contribution is 5.85. The molecule has 1 N–H and O–H groups in total. The van der Waals surface area contributed by atoms with Crippen LogP contribution in [0.5, 0.6) is 0 Å². The lowest BCUT2D eigenvalue weighted by Crippen LogP contribution is -2.52. The van der Waals surface area contributed by atoms with Crippen LogP contribution in [0.1, 0.15) is 37.8 Å². The molecule has 0 radical (unpaired) electrons. The van der Waals surface area contributed by atoms with Crippen LogP contribution in [0, 0.1) is 0 Å². The maximum atomic E-state index is 12.3. The zero-order chi connectivity index (χ0) is 14.4. The minimum atomic E-state index is 0. The van der Waals surface area contributed by atoms with Crippen molar-refractivity contribution < 1.29 is 4.79 Å². The monoisotopic (exact) mass is 310 g/mol. The standard InChI is InChI=1S/C17H26N2O.ClH/c1-3-4-5-15-6-8-16(9-7-15)12-17(20)19-11-10-18-13-14(19)2;/h6-9,14,18H,3-5,10-13H2,1-2H3;1H. The Labute approximate surface area is 134 Å². The predicted molar refractivity (Wildman–Crippen MR) is 90.1 cm³/mol. The average Bonchev–Trinajstić information content (AvgIpc) is 2.47. The first-order chi connectivity index (χ1) is 9.70. The number of unbranched alkanes of at least 4 members (excludes halogenated alkanes) is 1. The van der Waals surface area contributed by atoms with E-state index in [0.29, 0.717) is 12.5 Å². The molecule has 1 atom stereocenters. The molecule has 3 nitrogen and oxygen atoms in total. The summed E-state index contributed by atoms with van der Waals surface area (Å²) in [5.41, 5.74) is 2.50. The molecule has 1 unspecified atom stereocenters. The van der Waals surface area contributed by atoms with Crippen molar-refractivity contribution in [3.05, 3.63) is 35.4 Å². The lowest BCUT2D eigenvalue weighted by Gasteiger charge is -2.34. The summed E-state index contributed by atoms with van der Waals surface area (Å²) in [7, 11) is 0. The van der Waals surface area contributed by atoms with Gasteiger partial charge >= 0.3 is 0 Å². The van der Waals surface area contributed by atoms with Gasteiger partial charge in [0.05, 0.1) is 6.42 Å². The van der Waals surface area contributed by atoms with Crippen molar-refractivity contribution in [1.29, 1.82) is 0 Å². The predicted octanol–water partition coefficient (Wildman–Crippen LogP) is 2.81. The fourth-order valence-electron chi connectivity index (χ4n) is 2.69. The van der Waals surface area contributed by atoms with Crippen LogP contribution in [-0.2, 0) is 17.6 Å². The molecule has 1 aromatic rings. The van der Waals surface area contributed by atoms with Gasteiger partial charge in [0.1, 0.15) is 0 Å². The number of amides is 1. The van der Waals surface area contributed by atoms with E-state index in [4.69, 9.17) is 0 Å². The number of carbonyl (C=O) groups is 1. The molecular weight excluding hydrogens is 284 g/mol. The topological polar surface area (TPSA) is 32.3 Å². The zero-order valence-corrected chi connectivity index (χ0v) is 13.9. The van der Waals surface area contributed by atoms with Crippen LogP contribution in [0.4, 0.5) is 0 Å². The Hall–Kier alpha value is -1.06. The Morgan fingerprint density at radius 2 is 1.95 bits per heavy atom. The fourth-order valence-corrected chi connectivity index (χ4v) is 2.69. The molecule has 0 saturated carbocycles. The third-order valence-electron chi connectivity index (χ3n) is 4.02. The maximum absolute atomic E-state index is 12.3. The molecule has 118 valence electrons. The maximum Gasteiger partial charge on any atom is 0.227 e. The Bertz CT molecular complexity index is 433. The van der Waals surface area contributed by atoms with Gasteiger partial charge in [-0.3, -0.25) is 4.79 Å². The second-order valence-corrected chi connectivity index (χ2v) is 5.74. The van der Waals surface area contributed by atoms with Gasteiger partial charge < -0.3 is 10.2 Å². The van der Waals surface area contributed by atoms with Gasteiger partial charge in [0.15, 0.2) is 0 Å². The van der Waals surface area contributed by atoms with Crippen LogP contribution >= 0.6 is 12.4 Å². The van der Waals surface area contributed by atoms with Gasteiger partial charge in [-0.15, -0.1) is 12.4 Å². The van der Waals surface area contributed by atoms with Crippen molar-refractivity contribution >= 4 is 18.3 Å². The molecule has 1 amide bonds. The Morgan fingerprint density at radius 1 is 1.29 bits per heavy atom. The summed E-state index contributed by atoms with van der Waals surface area (Å²) in [6.07, 6.45) is 4.12.